The van der Waals surface area contributed by atoms with Crippen molar-refractivity contribution in [3.05, 3.63) is 35.4 Å². The Morgan fingerprint density at radius 3 is 1.85 bits per heavy atom. The lowest BCUT2D eigenvalue weighted by molar-refractivity contribution is 1.11. The van der Waals surface area contributed by atoms with E-state index in [4.69, 9.17) is 0 Å². The van der Waals surface area contributed by atoms with Gasteiger partial charge in [0.1, 0.15) is 0 Å². The van der Waals surface area contributed by atoms with Crippen LogP contribution in [0.25, 0.3) is 0 Å². The molecule has 76 valence electrons. The smallest absolute Gasteiger partial charge is 0.0195 e. The maximum atomic E-state index is 4.50. The zero-order valence-corrected chi connectivity index (χ0v) is 9.59. The highest BCUT2D eigenvalue weighted by molar-refractivity contribution is 5.24. The molecule has 0 spiro atoms. The van der Waals surface area contributed by atoms with Crippen LogP contribution in [0.3, 0.4) is 0 Å². The van der Waals surface area contributed by atoms with Crippen LogP contribution in [0, 0.1) is 6.92 Å². The minimum atomic E-state index is 1.15. The summed E-state index contributed by atoms with van der Waals surface area (Å²) in [6.45, 7) is 8.33. The standard InChI is InChI=1S/C9H12.C2H6.CH5N/c1-3-9-7-5-4-6-8(9)2;2*1-2/h4-7H,3H2,1-2H3;1-2H3;2H2,1H3. The quantitative estimate of drug-likeness (QED) is 0.707. The third-order valence-electron chi connectivity index (χ3n) is 1.64. The maximum Gasteiger partial charge on any atom is -0.0195 e. The number of aryl methyl sites for hydroxylation is 2. The molecule has 0 unspecified atom stereocenters. The molecule has 0 aliphatic rings. The molecule has 2 N–H and O–H groups in total. The fourth-order valence-corrected chi connectivity index (χ4v) is 1.01. The Hall–Kier alpha value is -0.820. The van der Waals surface area contributed by atoms with Crippen molar-refractivity contribution >= 4 is 0 Å². The van der Waals surface area contributed by atoms with Crippen molar-refractivity contribution in [2.24, 2.45) is 5.73 Å². The van der Waals surface area contributed by atoms with Gasteiger partial charge in [0, 0.05) is 0 Å². The summed E-state index contributed by atoms with van der Waals surface area (Å²) in [5.41, 5.74) is 7.36. The molecule has 0 radical (unpaired) electrons. The molecule has 1 heteroatoms. The minimum absolute atomic E-state index is 1.15. The van der Waals surface area contributed by atoms with Gasteiger partial charge in [0.15, 0.2) is 0 Å². The molecule has 0 heterocycles. The van der Waals surface area contributed by atoms with E-state index in [2.05, 4.69) is 43.8 Å². The van der Waals surface area contributed by atoms with Gasteiger partial charge in [-0.3, -0.25) is 0 Å². The number of rotatable bonds is 1. The van der Waals surface area contributed by atoms with Crippen molar-refractivity contribution in [3.8, 4) is 0 Å². The van der Waals surface area contributed by atoms with Gasteiger partial charge in [-0.15, -0.1) is 0 Å². The molecule has 0 aliphatic carbocycles. The lowest BCUT2D eigenvalue weighted by atomic mass is 10.1. The van der Waals surface area contributed by atoms with Crippen LogP contribution in [0.5, 0.6) is 0 Å². The van der Waals surface area contributed by atoms with Crippen LogP contribution >= 0.6 is 0 Å². The van der Waals surface area contributed by atoms with Crippen LogP contribution < -0.4 is 5.73 Å². The van der Waals surface area contributed by atoms with Gasteiger partial charge in [0.2, 0.25) is 0 Å². The molecule has 0 aliphatic heterocycles. The average molecular weight is 181 g/mol. The summed E-state index contributed by atoms with van der Waals surface area (Å²) < 4.78 is 0. The third-order valence-corrected chi connectivity index (χ3v) is 1.64. The topological polar surface area (TPSA) is 26.0 Å². The van der Waals surface area contributed by atoms with E-state index in [1.807, 2.05) is 13.8 Å². The molecule has 0 atom stereocenters. The predicted molar refractivity (Wildman–Crippen MR) is 62.0 cm³/mol. The van der Waals surface area contributed by atoms with Gasteiger partial charge in [-0.1, -0.05) is 45.0 Å². The van der Waals surface area contributed by atoms with Crippen molar-refractivity contribution in [3.63, 3.8) is 0 Å². The van der Waals surface area contributed by atoms with Gasteiger partial charge in [-0.25, -0.2) is 0 Å². The normalized spacial score (nSPS) is 7.54. The Morgan fingerprint density at radius 2 is 1.54 bits per heavy atom. The molecule has 0 bridgehead atoms. The highest BCUT2D eigenvalue weighted by atomic mass is 14.4. The Bertz CT molecular complexity index is 194. The van der Waals surface area contributed by atoms with Gasteiger partial charge < -0.3 is 5.73 Å². The summed E-state index contributed by atoms with van der Waals surface area (Å²) in [5, 5.41) is 0. The maximum absolute atomic E-state index is 4.50. The van der Waals surface area contributed by atoms with E-state index in [0.717, 1.165) is 6.42 Å². The molecule has 1 aromatic carbocycles. The van der Waals surface area contributed by atoms with E-state index in [1.165, 1.54) is 18.2 Å². The second-order valence-electron chi connectivity index (χ2n) is 2.28. The highest BCUT2D eigenvalue weighted by Gasteiger charge is 1.89. The van der Waals surface area contributed by atoms with Crippen molar-refractivity contribution in [2.45, 2.75) is 34.1 Å². The number of benzene rings is 1. The molecule has 0 fully saturated rings. The monoisotopic (exact) mass is 181 g/mol. The Balaban J connectivity index is 0. The molecular weight excluding hydrogens is 158 g/mol. The number of hydrogen-bond donors (Lipinski definition) is 1. The van der Waals surface area contributed by atoms with Crippen LogP contribution in [0.15, 0.2) is 24.3 Å². The second kappa shape index (κ2) is 11.2. The van der Waals surface area contributed by atoms with E-state index in [1.54, 1.807) is 0 Å². The zero-order valence-electron chi connectivity index (χ0n) is 9.59. The van der Waals surface area contributed by atoms with E-state index in [9.17, 15) is 0 Å². The van der Waals surface area contributed by atoms with Crippen molar-refractivity contribution < 1.29 is 0 Å². The molecule has 1 nitrogen and oxygen atoms in total. The lowest BCUT2D eigenvalue weighted by Crippen LogP contribution is -1.82. The Morgan fingerprint density at radius 1 is 1.08 bits per heavy atom. The first-order valence-electron chi connectivity index (χ1n) is 4.97. The molecule has 0 aromatic heterocycles. The molecule has 0 amide bonds. The summed E-state index contributed by atoms with van der Waals surface area (Å²) in [6.07, 6.45) is 1.15. The van der Waals surface area contributed by atoms with Gasteiger partial charge in [0.05, 0.1) is 0 Å². The number of hydrogen-bond acceptors (Lipinski definition) is 1. The molecule has 1 aromatic rings. The van der Waals surface area contributed by atoms with Crippen LogP contribution in [0.1, 0.15) is 31.9 Å². The zero-order chi connectivity index (χ0) is 10.7. The van der Waals surface area contributed by atoms with Crippen molar-refractivity contribution in [1.82, 2.24) is 0 Å². The average Bonchev–Trinajstić information content (AvgIpc) is 2.24. The molecule has 1 rings (SSSR count). The first-order chi connectivity index (χ1) is 6.34. The van der Waals surface area contributed by atoms with Crippen molar-refractivity contribution in [1.29, 1.82) is 0 Å². The Labute approximate surface area is 83.0 Å². The first-order valence-corrected chi connectivity index (χ1v) is 4.97. The first kappa shape index (κ1) is 14.7. The second-order valence-corrected chi connectivity index (χ2v) is 2.28. The van der Waals surface area contributed by atoms with Crippen molar-refractivity contribution in [2.75, 3.05) is 7.05 Å². The van der Waals surface area contributed by atoms with Crippen LogP contribution in [-0.4, -0.2) is 7.05 Å². The fraction of sp³-hybridized carbons (Fsp3) is 0.500. The Kier molecular flexibility index (Phi) is 12.6. The lowest BCUT2D eigenvalue weighted by Gasteiger charge is -1.98. The molecule has 0 saturated carbocycles. The molecule has 13 heavy (non-hydrogen) atoms. The summed E-state index contributed by atoms with van der Waals surface area (Å²) in [7, 11) is 1.50. The van der Waals surface area contributed by atoms with Gasteiger partial charge in [0.25, 0.3) is 0 Å². The molecular formula is C12H23N. The SMILES string of the molecule is CC.CCc1ccccc1C.CN. The van der Waals surface area contributed by atoms with Crippen LogP contribution in [-0.2, 0) is 6.42 Å². The van der Waals surface area contributed by atoms with Gasteiger partial charge in [-0.2, -0.15) is 0 Å². The third kappa shape index (κ3) is 6.35. The summed E-state index contributed by atoms with van der Waals surface area (Å²) in [6, 6.07) is 8.49. The summed E-state index contributed by atoms with van der Waals surface area (Å²) in [5.74, 6) is 0. The van der Waals surface area contributed by atoms with E-state index in [-0.39, 0.29) is 0 Å². The minimum Gasteiger partial charge on any atom is -0.333 e. The van der Waals surface area contributed by atoms with Gasteiger partial charge >= 0.3 is 0 Å². The van der Waals surface area contributed by atoms with E-state index in [0.29, 0.717) is 0 Å². The predicted octanol–water partition coefficient (Wildman–Crippen LogP) is 3.16. The van der Waals surface area contributed by atoms with E-state index >= 15 is 0 Å². The van der Waals surface area contributed by atoms with E-state index < -0.39 is 0 Å². The van der Waals surface area contributed by atoms with Gasteiger partial charge in [-0.05, 0) is 31.5 Å². The van der Waals surface area contributed by atoms with Crippen LogP contribution in [0.2, 0.25) is 0 Å². The molecule has 0 saturated heterocycles. The number of nitrogens with two attached hydrogens (primary N) is 1. The highest BCUT2D eigenvalue weighted by Crippen LogP contribution is 2.06. The summed E-state index contributed by atoms with van der Waals surface area (Å²) in [4.78, 5) is 0. The summed E-state index contributed by atoms with van der Waals surface area (Å²) >= 11 is 0. The van der Waals surface area contributed by atoms with Crippen LogP contribution in [0.4, 0.5) is 0 Å². The largest absolute Gasteiger partial charge is 0.333 e. The fourth-order valence-electron chi connectivity index (χ4n) is 1.01.